The molecular weight excluding hydrogens is 289 g/mol. The molecule has 0 aliphatic carbocycles. The van der Waals surface area contributed by atoms with Crippen LogP contribution in [-0.2, 0) is 0 Å². The minimum absolute atomic E-state index is 0.373. The maximum atomic E-state index is 10.0. The van der Waals surface area contributed by atoms with Gasteiger partial charge in [-0.2, -0.15) is 5.26 Å². The van der Waals surface area contributed by atoms with E-state index in [-0.39, 0.29) is 5.92 Å². The fraction of sp³-hybridized carbons (Fsp3) is 0.417. The first-order valence-electron chi connectivity index (χ1n) is 5.12. The Morgan fingerprint density at radius 2 is 2.25 bits per heavy atom. The molecule has 0 radical (unpaired) electrons. The molecule has 16 heavy (non-hydrogen) atoms. The zero-order valence-corrected chi connectivity index (χ0v) is 11.3. The van der Waals surface area contributed by atoms with Gasteiger partial charge >= 0.3 is 0 Å². The third-order valence-electron chi connectivity index (χ3n) is 2.43. The summed E-state index contributed by atoms with van der Waals surface area (Å²) in [5.41, 5.74) is 0.688. The molecule has 2 atom stereocenters. The summed E-state index contributed by atoms with van der Waals surface area (Å²) in [6, 6.07) is 7.38. The molecule has 1 aromatic carbocycles. The molecule has 0 saturated heterocycles. The molecule has 1 N–H and O–H groups in total. The first-order valence-corrected chi connectivity index (χ1v) is 6.29. The monoisotopic (exact) mass is 301 g/mol. The molecule has 0 spiro atoms. The van der Waals surface area contributed by atoms with Crippen molar-refractivity contribution in [3.05, 3.63) is 33.3 Å². The molecule has 0 aliphatic heterocycles. The van der Waals surface area contributed by atoms with E-state index < -0.39 is 6.10 Å². The predicted octanol–water partition coefficient (Wildman–Crippen LogP) is 4.08. The number of nitriles is 1. The zero-order chi connectivity index (χ0) is 12.1. The van der Waals surface area contributed by atoms with Gasteiger partial charge < -0.3 is 5.11 Å². The molecule has 0 fully saturated rings. The van der Waals surface area contributed by atoms with Crippen LogP contribution in [0.4, 0.5) is 0 Å². The van der Waals surface area contributed by atoms with Gasteiger partial charge in [-0.1, -0.05) is 31.0 Å². The average molecular weight is 303 g/mol. The maximum absolute atomic E-state index is 10.0. The van der Waals surface area contributed by atoms with E-state index in [0.717, 1.165) is 10.9 Å². The largest absolute Gasteiger partial charge is 0.387 e. The number of halogens is 2. The second kappa shape index (κ2) is 6.24. The molecule has 86 valence electrons. The minimum atomic E-state index is -0.768. The van der Waals surface area contributed by atoms with Gasteiger partial charge in [0.05, 0.1) is 23.1 Å². The Bertz CT molecular complexity index is 402. The summed E-state index contributed by atoms with van der Waals surface area (Å²) in [4.78, 5) is 0. The van der Waals surface area contributed by atoms with Crippen LogP contribution < -0.4 is 0 Å². The molecule has 0 bridgehead atoms. The second-order valence-electron chi connectivity index (χ2n) is 3.64. The van der Waals surface area contributed by atoms with Crippen molar-refractivity contribution in [3.63, 3.8) is 0 Å². The van der Waals surface area contributed by atoms with Crippen molar-refractivity contribution in [2.45, 2.75) is 25.9 Å². The van der Waals surface area contributed by atoms with E-state index in [2.05, 4.69) is 22.0 Å². The Kier molecular flexibility index (Phi) is 5.27. The number of nitrogens with zero attached hydrogens (tertiary/aromatic N) is 1. The molecular formula is C12H13BrClNO. The third kappa shape index (κ3) is 3.21. The lowest BCUT2D eigenvalue weighted by atomic mass is 9.93. The quantitative estimate of drug-likeness (QED) is 0.911. The standard InChI is InChI=1S/C12H13BrClNO/c1-2-3-9(7-15)12(16)8-4-5-10(13)11(14)6-8/h4-6,9,12,16H,2-3H2,1H3. The summed E-state index contributed by atoms with van der Waals surface area (Å²) in [5, 5.41) is 19.5. The van der Waals surface area contributed by atoms with E-state index in [1.54, 1.807) is 18.2 Å². The first-order chi connectivity index (χ1) is 7.60. The molecule has 4 heteroatoms. The van der Waals surface area contributed by atoms with Gasteiger partial charge in [-0.05, 0) is 40.0 Å². The van der Waals surface area contributed by atoms with Gasteiger partial charge in [0, 0.05) is 4.47 Å². The minimum Gasteiger partial charge on any atom is -0.387 e. The Morgan fingerprint density at radius 1 is 1.56 bits per heavy atom. The van der Waals surface area contributed by atoms with Crippen LogP contribution >= 0.6 is 27.5 Å². The van der Waals surface area contributed by atoms with Crippen LogP contribution in [0.25, 0.3) is 0 Å². The van der Waals surface area contributed by atoms with Crippen LogP contribution in [0.2, 0.25) is 5.02 Å². The lowest BCUT2D eigenvalue weighted by Crippen LogP contribution is -2.10. The highest BCUT2D eigenvalue weighted by Crippen LogP contribution is 2.30. The van der Waals surface area contributed by atoms with Crippen LogP contribution in [0.1, 0.15) is 31.4 Å². The molecule has 0 aromatic heterocycles. The number of benzene rings is 1. The van der Waals surface area contributed by atoms with Gasteiger partial charge in [-0.25, -0.2) is 0 Å². The number of aliphatic hydroxyl groups is 1. The second-order valence-corrected chi connectivity index (χ2v) is 4.90. The molecule has 0 saturated carbocycles. The van der Waals surface area contributed by atoms with Crippen molar-refractivity contribution in [1.29, 1.82) is 5.26 Å². The molecule has 0 aliphatic rings. The topological polar surface area (TPSA) is 44.0 Å². The average Bonchev–Trinajstić information content (AvgIpc) is 2.28. The third-order valence-corrected chi connectivity index (χ3v) is 3.66. The van der Waals surface area contributed by atoms with E-state index >= 15 is 0 Å². The van der Waals surface area contributed by atoms with Crippen molar-refractivity contribution in [2.24, 2.45) is 5.92 Å². The van der Waals surface area contributed by atoms with E-state index in [4.69, 9.17) is 16.9 Å². The summed E-state index contributed by atoms with van der Waals surface area (Å²) in [6.07, 6.45) is 0.792. The van der Waals surface area contributed by atoms with Gasteiger partial charge in [0.25, 0.3) is 0 Å². The summed E-state index contributed by atoms with van der Waals surface area (Å²) >= 11 is 9.23. The van der Waals surface area contributed by atoms with Crippen molar-refractivity contribution in [3.8, 4) is 6.07 Å². The number of rotatable bonds is 4. The highest BCUT2D eigenvalue weighted by Gasteiger charge is 2.20. The van der Waals surface area contributed by atoms with Crippen LogP contribution in [0, 0.1) is 17.2 Å². The lowest BCUT2D eigenvalue weighted by molar-refractivity contribution is 0.130. The summed E-state index contributed by atoms with van der Waals surface area (Å²) in [5.74, 6) is -0.373. The van der Waals surface area contributed by atoms with E-state index in [1.165, 1.54) is 0 Å². The van der Waals surface area contributed by atoms with Gasteiger partial charge in [0.1, 0.15) is 0 Å². The normalized spacial score (nSPS) is 14.2. The molecule has 2 nitrogen and oxygen atoms in total. The van der Waals surface area contributed by atoms with Crippen LogP contribution in [0.3, 0.4) is 0 Å². The van der Waals surface area contributed by atoms with Gasteiger partial charge in [0.15, 0.2) is 0 Å². The Balaban J connectivity index is 2.91. The fourth-order valence-electron chi connectivity index (χ4n) is 1.53. The molecule has 0 heterocycles. The van der Waals surface area contributed by atoms with E-state index in [9.17, 15) is 5.11 Å². The molecule has 0 amide bonds. The number of aliphatic hydroxyl groups excluding tert-OH is 1. The Hall–Kier alpha value is -0.560. The van der Waals surface area contributed by atoms with Crippen molar-refractivity contribution in [1.82, 2.24) is 0 Å². The molecule has 2 unspecified atom stereocenters. The van der Waals surface area contributed by atoms with Crippen LogP contribution in [0.15, 0.2) is 22.7 Å². The predicted molar refractivity (Wildman–Crippen MR) is 68.1 cm³/mol. The molecule has 1 rings (SSSR count). The highest BCUT2D eigenvalue weighted by atomic mass is 79.9. The van der Waals surface area contributed by atoms with E-state index in [0.29, 0.717) is 17.0 Å². The Morgan fingerprint density at radius 3 is 2.75 bits per heavy atom. The number of hydrogen-bond donors (Lipinski definition) is 1. The fourth-order valence-corrected chi connectivity index (χ4v) is 1.97. The zero-order valence-electron chi connectivity index (χ0n) is 8.95. The van der Waals surface area contributed by atoms with Crippen molar-refractivity contribution < 1.29 is 5.11 Å². The SMILES string of the molecule is CCCC(C#N)C(O)c1ccc(Br)c(Cl)c1. The maximum Gasteiger partial charge on any atom is 0.0948 e. The molecule has 1 aromatic rings. The highest BCUT2D eigenvalue weighted by molar-refractivity contribution is 9.10. The van der Waals surface area contributed by atoms with Gasteiger partial charge in [-0.3, -0.25) is 0 Å². The first kappa shape index (κ1) is 13.5. The Labute approximate surface area is 109 Å². The summed E-state index contributed by atoms with van der Waals surface area (Å²) < 4.78 is 0.786. The van der Waals surface area contributed by atoms with E-state index in [1.807, 2.05) is 6.92 Å². The van der Waals surface area contributed by atoms with Gasteiger partial charge in [-0.15, -0.1) is 0 Å². The van der Waals surface area contributed by atoms with Crippen molar-refractivity contribution in [2.75, 3.05) is 0 Å². The summed E-state index contributed by atoms with van der Waals surface area (Å²) in [6.45, 7) is 1.99. The smallest absolute Gasteiger partial charge is 0.0948 e. The van der Waals surface area contributed by atoms with Crippen LogP contribution in [0.5, 0.6) is 0 Å². The van der Waals surface area contributed by atoms with Gasteiger partial charge in [0.2, 0.25) is 0 Å². The lowest BCUT2D eigenvalue weighted by Gasteiger charge is -2.16. The van der Waals surface area contributed by atoms with Crippen molar-refractivity contribution >= 4 is 27.5 Å². The van der Waals surface area contributed by atoms with Crippen LogP contribution in [-0.4, -0.2) is 5.11 Å². The summed E-state index contributed by atoms with van der Waals surface area (Å²) in [7, 11) is 0. The number of hydrogen-bond acceptors (Lipinski definition) is 2.